The van der Waals surface area contributed by atoms with Gasteiger partial charge in [-0.2, -0.15) is 39.5 Å². The molecule has 0 bridgehead atoms. The predicted octanol–water partition coefficient (Wildman–Crippen LogP) is 4.45. The molecule has 0 atom stereocenters. The molecule has 0 fully saturated rings. The fourth-order valence-electron chi connectivity index (χ4n) is 2.36. The van der Waals surface area contributed by atoms with E-state index in [9.17, 15) is 39.5 Å². The second-order valence-corrected chi connectivity index (χ2v) is 5.45. The first kappa shape index (κ1) is 19.7. The lowest BCUT2D eigenvalue weighted by Gasteiger charge is -2.12. The van der Waals surface area contributed by atoms with Crippen molar-refractivity contribution < 1.29 is 39.5 Å². The number of rotatable bonds is 1. The minimum absolute atomic E-state index is 0.213. The molecule has 0 saturated heterocycles. The third-order valence-electron chi connectivity index (χ3n) is 3.56. The summed E-state index contributed by atoms with van der Waals surface area (Å²) in [4.78, 5) is 6.15. The Bertz CT molecular complexity index is 1030. The van der Waals surface area contributed by atoms with Gasteiger partial charge in [-0.3, -0.25) is 0 Å². The summed E-state index contributed by atoms with van der Waals surface area (Å²) in [7, 11) is 0. The van der Waals surface area contributed by atoms with Crippen LogP contribution >= 0.6 is 0 Å². The summed E-state index contributed by atoms with van der Waals surface area (Å²) in [6.07, 6.45) is -14.6. The molecule has 3 heterocycles. The standard InChI is InChI=1S/C14H6F9N5/c15-12(16,17)6-3-8(14(21,22)23)26-11-9(6)10(24)28(27-11)5-1-2-7(25-4-5)13(18,19)20/h1-4H,24H2. The molecule has 0 saturated carbocycles. The number of fused-ring (bicyclic) bond motifs is 1. The lowest BCUT2D eigenvalue weighted by Crippen LogP contribution is -2.13. The molecule has 0 spiro atoms. The summed E-state index contributed by atoms with van der Waals surface area (Å²) in [5.74, 6) is -0.759. The van der Waals surface area contributed by atoms with Crippen LogP contribution in [0.1, 0.15) is 17.0 Å². The van der Waals surface area contributed by atoms with Gasteiger partial charge in [0, 0.05) is 0 Å². The van der Waals surface area contributed by atoms with Crippen LogP contribution in [0, 0.1) is 0 Å². The zero-order valence-electron chi connectivity index (χ0n) is 13.1. The molecule has 3 rings (SSSR count). The maximum Gasteiger partial charge on any atom is 0.433 e. The van der Waals surface area contributed by atoms with Crippen molar-refractivity contribution in [3.8, 4) is 5.69 Å². The van der Waals surface area contributed by atoms with Crippen molar-refractivity contribution in [3.63, 3.8) is 0 Å². The normalized spacial score (nSPS) is 13.3. The molecule has 3 aromatic heterocycles. The van der Waals surface area contributed by atoms with Gasteiger partial charge in [-0.15, -0.1) is 5.10 Å². The number of halogens is 9. The van der Waals surface area contributed by atoms with Crippen molar-refractivity contribution in [2.45, 2.75) is 18.5 Å². The number of alkyl halides is 9. The van der Waals surface area contributed by atoms with Crippen molar-refractivity contribution in [2.24, 2.45) is 0 Å². The van der Waals surface area contributed by atoms with E-state index in [2.05, 4.69) is 15.1 Å². The minimum Gasteiger partial charge on any atom is -0.383 e. The Balaban J connectivity index is 2.25. The van der Waals surface area contributed by atoms with Crippen LogP contribution in [0.2, 0.25) is 0 Å². The van der Waals surface area contributed by atoms with Crippen LogP contribution in [0.4, 0.5) is 45.3 Å². The molecule has 3 aromatic rings. The molecular formula is C14H6F9N5. The van der Waals surface area contributed by atoms with Crippen molar-refractivity contribution in [3.05, 3.63) is 41.3 Å². The van der Waals surface area contributed by atoms with E-state index in [1.165, 1.54) is 0 Å². The summed E-state index contributed by atoms with van der Waals surface area (Å²) in [6.45, 7) is 0. The van der Waals surface area contributed by atoms with Gasteiger partial charge in [0.1, 0.15) is 17.2 Å². The van der Waals surface area contributed by atoms with Gasteiger partial charge in [0.15, 0.2) is 5.65 Å². The molecule has 0 aliphatic heterocycles. The third kappa shape index (κ3) is 3.41. The Morgan fingerprint density at radius 3 is 1.89 bits per heavy atom. The average Bonchev–Trinajstić information content (AvgIpc) is 2.89. The van der Waals surface area contributed by atoms with Crippen LogP contribution in [-0.4, -0.2) is 19.7 Å². The molecule has 2 N–H and O–H groups in total. The zero-order chi connectivity index (χ0) is 21.1. The molecule has 14 heteroatoms. The van der Waals surface area contributed by atoms with E-state index in [0.29, 0.717) is 16.9 Å². The molecular weight excluding hydrogens is 409 g/mol. The summed E-state index contributed by atoms with van der Waals surface area (Å²) < 4.78 is 116. The molecule has 0 aliphatic carbocycles. The van der Waals surface area contributed by atoms with Crippen molar-refractivity contribution >= 4 is 16.9 Å². The maximum absolute atomic E-state index is 13.2. The fourth-order valence-corrected chi connectivity index (χ4v) is 2.36. The van der Waals surface area contributed by atoms with Gasteiger partial charge in [-0.05, 0) is 18.2 Å². The van der Waals surface area contributed by atoms with Gasteiger partial charge in [0.05, 0.1) is 22.8 Å². The first-order chi connectivity index (χ1) is 12.7. The maximum atomic E-state index is 13.2. The number of nitrogen functional groups attached to an aromatic ring is 1. The SMILES string of the molecule is Nc1c2c(C(F)(F)F)cc(C(F)(F)F)nc2nn1-c1ccc(C(F)(F)F)nc1. The van der Waals surface area contributed by atoms with Crippen molar-refractivity contribution in [1.82, 2.24) is 19.7 Å². The van der Waals surface area contributed by atoms with Gasteiger partial charge in [0.25, 0.3) is 0 Å². The number of pyridine rings is 2. The smallest absolute Gasteiger partial charge is 0.383 e. The topological polar surface area (TPSA) is 69.6 Å². The summed E-state index contributed by atoms with van der Waals surface area (Å²) in [5.41, 5.74) is -0.558. The second-order valence-electron chi connectivity index (χ2n) is 5.45. The molecule has 0 aromatic carbocycles. The van der Waals surface area contributed by atoms with Crippen LogP contribution in [0.3, 0.4) is 0 Å². The second kappa shape index (κ2) is 5.97. The molecule has 28 heavy (non-hydrogen) atoms. The molecule has 0 radical (unpaired) electrons. The van der Waals surface area contributed by atoms with Crippen LogP contribution < -0.4 is 5.73 Å². The Morgan fingerprint density at radius 2 is 1.43 bits per heavy atom. The Morgan fingerprint density at radius 1 is 0.821 bits per heavy atom. The van der Waals surface area contributed by atoms with Gasteiger partial charge >= 0.3 is 18.5 Å². The van der Waals surface area contributed by atoms with Crippen molar-refractivity contribution in [1.29, 1.82) is 0 Å². The van der Waals surface area contributed by atoms with Gasteiger partial charge in [-0.1, -0.05) is 0 Å². The van der Waals surface area contributed by atoms with E-state index in [4.69, 9.17) is 5.73 Å². The highest BCUT2D eigenvalue weighted by Gasteiger charge is 2.41. The fraction of sp³-hybridized carbons (Fsp3) is 0.214. The molecule has 0 unspecified atom stereocenters. The monoisotopic (exact) mass is 415 g/mol. The summed E-state index contributed by atoms with van der Waals surface area (Å²) >= 11 is 0. The number of hydrogen-bond donors (Lipinski definition) is 1. The summed E-state index contributed by atoms with van der Waals surface area (Å²) in [6, 6.07) is 1.10. The quantitative estimate of drug-likeness (QED) is 0.597. The van der Waals surface area contributed by atoms with E-state index in [0.717, 1.165) is 6.07 Å². The van der Waals surface area contributed by atoms with Gasteiger partial charge in [-0.25, -0.2) is 14.6 Å². The van der Waals surface area contributed by atoms with Crippen LogP contribution in [0.15, 0.2) is 24.4 Å². The number of nitrogens with zero attached hydrogens (tertiary/aromatic N) is 4. The Labute approximate surface area is 148 Å². The number of nitrogens with two attached hydrogens (primary N) is 1. The Kier molecular flexibility index (Phi) is 4.20. The zero-order valence-corrected chi connectivity index (χ0v) is 13.1. The van der Waals surface area contributed by atoms with Crippen LogP contribution in [0.25, 0.3) is 16.7 Å². The van der Waals surface area contributed by atoms with E-state index >= 15 is 0 Å². The lowest BCUT2D eigenvalue weighted by atomic mass is 10.1. The molecule has 0 amide bonds. The van der Waals surface area contributed by atoms with E-state index in [-0.39, 0.29) is 11.8 Å². The number of anilines is 1. The van der Waals surface area contributed by atoms with E-state index in [1.54, 1.807) is 0 Å². The minimum atomic E-state index is -5.22. The highest BCUT2D eigenvalue weighted by atomic mass is 19.4. The summed E-state index contributed by atoms with van der Waals surface area (Å²) in [5, 5.41) is 2.57. The number of aromatic nitrogens is 4. The van der Waals surface area contributed by atoms with Crippen LogP contribution in [0.5, 0.6) is 0 Å². The first-order valence-electron chi connectivity index (χ1n) is 7.07. The van der Waals surface area contributed by atoms with E-state index in [1.807, 2.05) is 0 Å². The lowest BCUT2D eigenvalue weighted by molar-refractivity contribution is -0.145. The predicted molar refractivity (Wildman–Crippen MR) is 76.1 cm³/mol. The van der Waals surface area contributed by atoms with E-state index < -0.39 is 52.3 Å². The first-order valence-corrected chi connectivity index (χ1v) is 7.07. The number of hydrogen-bond acceptors (Lipinski definition) is 4. The average molecular weight is 415 g/mol. The van der Waals surface area contributed by atoms with Crippen LogP contribution in [-0.2, 0) is 18.5 Å². The molecule has 5 nitrogen and oxygen atoms in total. The van der Waals surface area contributed by atoms with Gasteiger partial charge in [0.2, 0.25) is 0 Å². The van der Waals surface area contributed by atoms with Crippen molar-refractivity contribution in [2.75, 3.05) is 5.73 Å². The largest absolute Gasteiger partial charge is 0.433 e. The van der Waals surface area contributed by atoms with Gasteiger partial charge < -0.3 is 5.73 Å². The highest BCUT2D eigenvalue weighted by molar-refractivity contribution is 5.91. The highest BCUT2D eigenvalue weighted by Crippen LogP contribution is 2.40. The third-order valence-corrected chi connectivity index (χ3v) is 3.56. The molecule has 150 valence electrons. The molecule has 0 aliphatic rings. The Hall–Kier alpha value is -3.06.